The summed E-state index contributed by atoms with van der Waals surface area (Å²) in [6.07, 6.45) is 5.21. The molecule has 6 nitrogen and oxygen atoms in total. The van der Waals surface area contributed by atoms with E-state index in [0.29, 0.717) is 22.6 Å². The maximum absolute atomic E-state index is 12.9. The van der Waals surface area contributed by atoms with Gasteiger partial charge in [-0.1, -0.05) is 30.9 Å². The van der Waals surface area contributed by atoms with Crippen LogP contribution in [-0.4, -0.2) is 29.5 Å². The molecule has 0 saturated carbocycles. The largest absolute Gasteiger partial charge is 0.482 e. The molecule has 152 valence electrons. The predicted molar refractivity (Wildman–Crippen MR) is 114 cm³/mol. The quantitative estimate of drug-likeness (QED) is 0.350. The molecule has 0 fully saturated rings. The van der Waals surface area contributed by atoms with Crippen molar-refractivity contribution in [1.82, 2.24) is 4.57 Å². The normalized spacial score (nSPS) is 13.9. The highest BCUT2D eigenvalue weighted by Gasteiger charge is 2.30. The zero-order valence-electron chi connectivity index (χ0n) is 16.8. The minimum absolute atomic E-state index is 0.130. The average molecular weight is 403 g/mol. The number of Topliss-reactive ketones (excluding diaryl/α,β-unsaturated/α-hetero) is 1. The standard InChI is InChI=1S/C24H21NO5/c1-4-9-28-22(26)14-29-17-10-15(2)23-20(12-17)30-21(24(23)27)11-16-13-25(3)19-8-6-5-7-18(16)19/h4-8,10-13H,1,9,14H2,2-3H3/b21-11-. The summed E-state index contributed by atoms with van der Waals surface area (Å²) in [7, 11) is 1.96. The van der Waals surface area contributed by atoms with Crippen LogP contribution in [0.1, 0.15) is 21.5 Å². The zero-order valence-corrected chi connectivity index (χ0v) is 16.8. The van der Waals surface area contributed by atoms with Gasteiger partial charge in [-0.3, -0.25) is 4.79 Å². The summed E-state index contributed by atoms with van der Waals surface area (Å²) >= 11 is 0. The first-order valence-electron chi connectivity index (χ1n) is 9.50. The van der Waals surface area contributed by atoms with E-state index in [0.717, 1.165) is 16.5 Å². The van der Waals surface area contributed by atoms with Crippen LogP contribution < -0.4 is 9.47 Å². The second-order valence-corrected chi connectivity index (χ2v) is 7.03. The first kappa shape index (κ1) is 19.5. The number of para-hydroxylation sites is 1. The van der Waals surface area contributed by atoms with Crippen LogP contribution in [0.2, 0.25) is 0 Å². The summed E-state index contributed by atoms with van der Waals surface area (Å²) in [6, 6.07) is 11.3. The van der Waals surface area contributed by atoms with Crippen molar-refractivity contribution in [1.29, 1.82) is 0 Å². The minimum atomic E-state index is -0.499. The number of allylic oxidation sites excluding steroid dienone is 1. The van der Waals surface area contributed by atoms with Gasteiger partial charge in [0.15, 0.2) is 12.4 Å². The highest BCUT2D eigenvalue weighted by molar-refractivity contribution is 6.16. The van der Waals surface area contributed by atoms with Gasteiger partial charge in [0.05, 0.1) is 5.56 Å². The first-order chi connectivity index (χ1) is 14.5. The molecule has 0 radical (unpaired) electrons. The van der Waals surface area contributed by atoms with Gasteiger partial charge in [-0.25, -0.2) is 4.79 Å². The van der Waals surface area contributed by atoms with Crippen molar-refractivity contribution in [2.24, 2.45) is 7.05 Å². The van der Waals surface area contributed by atoms with Crippen LogP contribution in [0.15, 0.2) is 61.0 Å². The second kappa shape index (κ2) is 7.91. The summed E-state index contributed by atoms with van der Waals surface area (Å²) in [5, 5.41) is 1.04. The Bertz CT molecular complexity index is 1200. The van der Waals surface area contributed by atoms with E-state index in [1.54, 1.807) is 18.2 Å². The molecule has 1 aliphatic rings. The number of ether oxygens (including phenoxy) is 3. The Balaban J connectivity index is 1.59. The number of carbonyl (C=O) groups is 2. The Morgan fingerprint density at radius 1 is 1.27 bits per heavy atom. The molecular weight excluding hydrogens is 382 g/mol. The summed E-state index contributed by atoms with van der Waals surface area (Å²) in [4.78, 5) is 24.6. The maximum atomic E-state index is 12.9. The van der Waals surface area contributed by atoms with E-state index in [4.69, 9.17) is 14.2 Å². The molecular formula is C24H21NO5. The number of hydrogen-bond donors (Lipinski definition) is 0. The van der Waals surface area contributed by atoms with Gasteiger partial charge in [0.25, 0.3) is 0 Å². The third-order valence-electron chi connectivity index (χ3n) is 4.88. The van der Waals surface area contributed by atoms with Crippen molar-refractivity contribution in [2.45, 2.75) is 6.92 Å². The topological polar surface area (TPSA) is 66.8 Å². The molecule has 6 heteroatoms. The number of aryl methyl sites for hydroxylation is 2. The third-order valence-corrected chi connectivity index (χ3v) is 4.88. The number of esters is 1. The number of ketones is 1. The second-order valence-electron chi connectivity index (χ2n) is 7.03. The molecule has 2 heterocycles. The smallest absolute Gasteiger partial charge is 0.344 e. The van der Waals surface area contributed by atoms with Crippen LogP contribution in [0, 0.1) is 6.92 Å². The van der Waals surface area contributed by atoms with Crippen molar-refractivity contribution in [3.8, 4) is 11.5 Å². The molecule has 0 bridgehead atoms. The van der Waals surface area contributed by atoms with Gasteiger partial charge in [0.1, 0.15) is 18.1 Å². The van der Waals surface area contributed by atoms with E-state index in [2.05, 4.69) is 6.58 Å². The van der Waals surface area contributed by atoms with E-state index in [1.165, 1.54) is 6.08 Å². The van der Waals surface area contributed by atoms with Gasteiger partial charge in [0.2, 0.25) is 5.78 Å². The van der Waals surface area contributed by atoms with Crippen molar-refractivity contribution in [2.75, 3.05) is 13.2 Å². The average Bonchev–Trinajstić information content (AvgIpc) is 3.22. The lowest BCUT2D eigenvalue weighted by molar-refractivity contribution is -0.144. The predicted octanol–water partition coefficient (Wildman–Crippen LogP) is 4.21. The molecule has 0 N–H and O–H groups in total. The fourth-order valence-electron chi connectivity index (χ4n) is 3.53. The minimum Gasteiger partial charge on any atom is -0.482 e. The fraction of sp³-hybridized carbons (Fsp3) is 0.167. The molecule has 30 heavy (non-hydrogen) atoms. The number of carbonyl (C=O) groups excluding carboxylic acids is 2. The molecule has 0 aliphatic carbocycles. The summed E-state index contributed by atoms with van der Waals surface area (Å²) in [5.74, 6) is 0.433. The van der Waals surface area contributed by atoms with Crippen molar-refractivity contribution in [3.05, 3.63) is 77.7 Å². The lowest BCUT2D eigenvalue weighted by Gasteiger charge is -2.08. The molecule has 3 aromatic rings. The van der Waals surface area contributed by atoms with Gasteiger partial charge < -0.3 is 18.8 Å². The fourth-order valence-corrected chi connectivity index (χ4v) is 3.53. The van der Waals surface area contributed by atoms with E-state index in [-0.39, 0.29) is 24.8 Å². The number of benzene rings is 2. The van der Waals surface area contributed by atoms with Crippen molar-refractivity contribution in [3.63, 3.8) is 0 Å². The van der Waals surface area contributed by atoms with Gasteiger partial charge in [-0.15, -0.1) is 0 Å². The highest BCUT2D eigenvalue weighted by Crippen LogP contribution is 2.38. The van der Waals surface area contributed by atoms with Gasteiger partial charge in [-0.2, -0.15) is 0 Å². The van der Waals surface area contributed by atoms with E-state index >= 15 is 0 Å². The van der Waals surface area contributed by atoms with Gasteiger partial charge in [0, 0.05) is 35.8 Å². The number of hydrogen-bond acceptors (Lipinski definition) is 5. The lowest BCUT2D eigenvalue weighted by atomic mass is 10.0. The maximum Gasteiger partial charge on any atom is 0.344 e. The Hall–Kier alpha value is -3.80. The van der Waals surface area contributed by atoms with Crippen LogP contribution in [0.3, 0.4) is 0 Å². The van der Waals surface area contributed by atoms with E-state index in [1.807, 2.05) is 49.0 Å². The molecule has 0 amide bonds. The van der Waals surface area contributed by atoms with Crippen LogP contribution in [0.4, 0.5) is 0 Å². The zero-order chi connectivity index (χ0) is 21.3. The summed E-state index contributed by atoms with van der Waals surface area (Å²) in [5.41, 5.74) is 3.20. The third kappa shape index (κ3) is 3.59. The summed E-state index contributed by atoms with van der Waals surface area (Å²) in [6.45, 7) is 5.19. The highest BCUT2D eigenvalue weighted by atomic mass is 16.6. The Morgan fingerprint density at radius 3 is 2.87 bits per heavy atom. The van der Waals surface area contributed by atoms with Crippen LogP contribution in [0.5, 0.6) is 11.5 Å². The molecule has 4 rings (SSSR count). The Labute approximate surface area is 174 Å². The molecule has 0 unspecified atom stereocenters. The van der Waals surface area contributed by atoms with E-state index in [9.17, 15) is 9.59 Å². The van der Waals surface area contributed by atoms with Crippen LogP contribution in [0.25, 0.3) is 17.0 Å². The number of aromatic nitrogens is 1. The molecule has 1 aliphatic heterocycles. The van der Waals surface area contributed by atoms with Crippen molar-refractivity contribution >= 4 is 28.7 Å². The molecule has 2 aromatic carbocycles. The summed E-state index contributed by atoms with van der Waals surface area (Å²) < 4.78 is 18.3. The van der Waals surface area contributed by atoms with Gasteiger partial charge >= 0.3 is 5.97 Å². The van der Waals surface area contributed by atoms with E-state index < -0.39 is 5.97 Å². The molecule has 0 atom stereocenters. The van der Waals surface area contributed by atoms with Crippen molar-refractivity contribution < 1.29 is 23.8 Å². The van der Waals surface area contributed by atoms with Crippen LogP contribution >= 0.6 is 0 Å². The molecule has 0 saturated heterocycles. The SMILES string of the molecule is C=CCOC(=O)COc1cc(C)c2c(c1)O/C(=C\c1cn(C)c3ccccc13)C2=O. The Morgan fingerprint density at radius 2 is 2.07 bits per heavy atom. The lowest BCUT2D eigenvalue weighted by Crippen LogP contribution is -2.14. The monoisotopic (exact) mass is 403 g/mol. The number of fused-ring (bicyclic) bond motifs is 2. The molecule has 1 aromatic heterocycles. The molecule has 0 spiro atoms. The first-order valence-corrected chi connectivity index (χ1v) is 9.50. The number of nitrogens with zero attached hydrogens (tertiary/aromatic N) is 1. The Kier molecular flexibility index (Phi) is 5.14. The van der Waals surface area contributed by atoms with Crippen LogP contribution in [-0.2, 0) is 16.6 Å². The van der Waals surface area contributed by atoms with Gasteiger partial charge in [-0.05, 0) is 30.7 Å². The number of rotatable bonds is 6.